The first kappa shape index (κ1) is 9.40. The molecule has 1 aliphatic rings. The van der Waals surface area contributed by atoms with Gasteiger partial charge in [0.15, 0.2) is 6.29 Å². The van der Waals surface area contributed by atoms with E-state index in [1.807, 2.05) is 10.3 Å². The van der Waals surface area contributed by atoms with Crippen LogP contribution < -0.4 is 4.90 Å². The second-order valence-electron chi connectivity index (χ2n) is 3.19. The van der Waals surface area contributed by atoms with Crippen LogP contribution in [0.5, 0.6) is 0 Å². The molecule has 0 N–H and O–H groups in total. The summed E-state index contributed by atoms with van der Waals surface area (Å²) in [7, 11) is 0. The molecule has 14 heavy (non-hydrogen) atoms. The molecule has 1 aromatic rings. The van der Waals surface area contributed by atoms with Crippen molar-refractivity contribution in [3.63, 3.8) is 0 Å². The molecule has 2 heterocycles. The van der Waals surface area contributed by atoms with Crippen molar-refractivity contribution < 1.29 is 9.18 Å². The minimum absolute atomic E-state index is 0.0879. The monoisotopic (exact) mass is 211 g/mol. The zero-order valence-electron chi connectivity index (χ0n) is 7.57. The number of carbonyl (C=O) groups is 1. The lowest BCUT2D eigenvalue weighted by molar-refractivity contribution is 0.112. The van der Waals surface area contributed by atoms with Gasteiger partial charge < -0.3 is 4.90 Å². The average Bonchev–Trinajstić information content (AvgIpc) is 2.66. The molecule has 0 bridgehead atoms. The summed E-state index contributed by atoms with van der Waals surface area (Å²) in [6.07, 6.45) is 3.17. The SMILES string of the molecule is O=Cc1cc(N2CCC=C(F)C2)cs1. The van der Waals surface area contributed by atoms with E-state index in [0.717, 1.165) is 24.9 Å². The molecule has 0 radical (unpaired) electrons. The second kappa shape index (κ2) is 3.92. The number of aldehydes is 1. The first-order valence-electron chi connectivity index (χ1n) is 4.43. The standard InChI is InChI=1S/C10H10FNOS/c11-8-2-1-3-12(5-8)9-4-10(6-13)14-7-9/h2,4,6-7H,1,3,5H2. The highest BCUT2D eigenvalue weighted by Gasteiger charge is 2.13. The maximum Gasteiger partial charge on any atom is 0.160 e. The molecule has 0 unspecified atom stereocenters. The first-order valence-corrected chi connectivity index (χ1v) is 5.31. The van der Waals surface area contributed by atoms with E-state index >= 15 is 0 Å². The van der Waals surface area contributed by atoms with Gasteiger partial charge in [-0.1, -0.05) is 0 Å². The van der Waals surface area contributed by atoms with E-state index in [4.69, 9.17) is 0 Å². The Balaban J connectivity index is 2.15. The van der Waals surface area contributed by atoms with Gasteiger partial charge in [-0.3, -0.25) is 4.79 Å². The number of halogens is 1. The Morgan fingerprint density at radius 1 is 1.57 bits per heavy atom. The van der Waals surface area contributed by atoms with Gasteiger partial charge in [-0.05, 0) is 18.6 Å². The summed E-state index contributed by atoms with van der Waals surface area (Å²) in [6.45, 7) is 1.15. The quantitative estimate of drug-likeness (QED) is 0.701. The van der Waals surface area contributed by atoms with Crippen LogP contribution >= 0.6 is 11.3 Å². The van der Waals surface area contributed by atoms with Gasteiger partial charge in [-0.25, -0.2) is 4.39 Å². The molecular weight excluding hydrogens is 201 g/mol. The lowest BCUT2D eigenvalue weighted by Gasteiger charge is -2.25. The number of carbonyl (C=O) groups excluding carboxylic acids is 1. The molecule has 4 heteroatoms. The van der Waals surface area contributed by atoms with Crippen LogP contribution in [-0.4, -0.2) is 19.4 Å². The lowest BCUT2D eigenvalue weighted by Crippen LogP contribution is -2.28. The summed E-state index contributed by atoms with van der Waals surface area (Å²) < 4.78 is 13.0. The van der Waals surface area contributed by atoms with Gasteiger partial charge in [0.05, 0.1) is 11.4 Å². The zero-order chi connectivity index (χ0) is 9.97. The van der Waals surface area contributed by atoms with Crippen molar-refractivity contribution >= 4 is 23.3 Å². The van der Waals surface area contributed by atoms with Crippen molar-refractivity contribution in [3.8, 4) is 0 Å². The van der Waals surface area contributed by atoms with Crippen LogP contribution in [0.25, 0.3) is 0 Å². The highest BCUT2D eigenvalue weighted by molar-refractivity contribution is 7.12. The van der Waals surface area contributed by atoms with Gasteiger partial charge in [0, 0.05) is 17.6 Å². The molecule has 0 atom stereocenters. The van der Waals surface area contributed by atoms with Crippen LogP contribution in [0.2, 0.25) is 0 Å². The lowest BCUT2D eigenvalue weighted by atomic mass is 10.2. The number of rotatable bonds is 2. The molecule has 0 amide bonds. The summed E-state index contributed by atoms with van der Waals surface area (Å²) in [5, 5.41) is 1.89. The predicted molar refractivity (Wildman–Crippen MR) is 55.7 cm³/mol. The van der Waals surface area contributed by atoms with Crippen molar-refractivity contribution in [2.24, 2.45) is 0 Å². The largest absolute Gasteiger partial charge is 0.364 e. The van der Waals surface area contributed by atoms with Crippen LogP contribution in [0.1, 0.15) is 16.1 Å². The molecule has 0 aromatic carbocycles. The first-order chi connectivity index (χ1) is 6.79. The van der Waals surface area contributed by atoms with Crippen LogP contribution in [0.15, 0.2) is 23.3 Å². The van der Waals surface area contributed by atoms with Crippen molar-refractivity contribution in [2.75, 3.05) is 18.0 Å². The molecule has 1 aliphatic heterocycles. The van der Waals surface area contributed by atoms with Crippen molar-refractivity contribution in [2.45, 2.75) is 6.42 Å². The Labute approximate surface area is 85.7 Å². The second-order valence-corrected chi connectivity index (χ2v) is 4.13. The number of hydrogen-bond acceptors (Lipinski definition) is 3. The number of anilines is 1. The van der Waals surface area contributed by atoms with Gasteiger partial charge in [0.1, 0.15) is 5.83 Å². The van der Waals surface area contributed by atoms with Gasteiger partial charge in [0.25, 0.3) is 0 Å². The summed E-state index contributed by atoms with van der Waals surface area (Å²) in [4.78, 5) is 13.1. The minimum Gasteiger partial charge on any atom is -0.364 e. The topological polar surface area (TPSA) is 20.3 Å². The van der Waals surface area contributed by atoms with E-state index < -0.39 is 0 Å². The fourth-order valence-corrected chi connectivity index (χ4v) is 2.21. The molecular formula is C10H10FNOS. The van der Waals surface area contributed by atoms with Crippen molar-refractivity contribution in [3.05, 3.63) is 28.2 Å². The van der Waals surface area contributed by atoms with Gasteiger partial charge >= 0.3 is 0 Å². The highest BCUT2D eigenvalue weighted by Crippen LogP contribution is 2.25. The molecule has 0 fully saturated rings. The number of hydrogen-bond donors (Lipinski definition) is 0. The van der Waals surface area contributed by atoms with E-state index in [2.05, 4.69) is 0 Å². The maximum atomic E-state index is 13.0. The fraction of sp³-hybridized carbons (Fsp3) is 0.300. The van der Waals surface area contributed by atoms with E-state index in [1.165, 1.54) is 11.3 Å². The van der Waals surface area contributed by atoms with Crippen LogP contribution in [0.3, 0.4) is 0 Å². The zero-order valence-corrected chi connectivity index (χ0v) is 8.39. The molecule has 74 valence electrons. The molecule has 0 saturated carbocycles. The normalized spacial score (nSPS) is 16.6. The smallest absolute Gasteiger partial charge is 0.160 e. The van der Waals surface area contributed by atoms with E-state index in [9.17, 15) is 9.18 Å². The Morgan fingerprint density at radius 2 is 2.43 bits per heavy atom. The van der Waals surface area contributed by atoms with Gasteiger partial charge in [-0.2, -0.15) is 0 Å². The van der Waals surface area contributed by atoms with Gasteiger partial charge in [0.2, 0.25) is 0 Å². The van der Waals surface area contributed by atoms with E-state index in [0.29, 0.717) is 11.4 Å². The Hall–Kier alpha value is -1.16. The Bertz CT molecular complexity index is 372. The molecule has 2 rings (SSSR count). The third-order valence-electron chi connectivity index (χ3n) is 2.19. The maximum absolute atomic E-state index is 13.0. The molecule has 2 nitrogen and oxygen atoms in total. The minimum atomic E-state index is -0.0879. The third-order valence-corrected chi connectivity index (χ3v) is 3.04. The van der Waals surface area contributed by atoms with Crippen LogP contribution in [-0.2, 0) is 0 Å². The molecule has 0 saturated heterocycles. The third kappa shape index (κ3) is 1.85. The molecule has 0 aliphatic carbocycles. The van der Waals surface area contributed by atoms with Gasteiger partial charge in [-0.15, -0.1) is 11.3 Å². The molecule has 1 aromatic heterocycles. The van der Waals surface area contributed by atoms with Crippen LogP contribution in [0, 0.1) is 0 Å². The van der Waals surface area contributed by atoms with Crippen molar-refractivity contribution in [1.29, 1.82) is 0 Å². The number of nitrogens with zero attached hydrogens (tertiary/aromatic N) is 1. The molecule has 0 spiro atoms. The van der Waals surface area contributed by atoms with E-state index in [-0.39, 0.29) is 5.83 Å². The van der Waals surface area contributed by atoms with Crippen molar-refractivity contribution in [1.82, 2.24) is 0 Å². The highest BCUT2D eigenvalue weighted by atomic mass is 32.1. The predicted octanol–water partition coefficient (Wildman–Crippen LogP) is 2.62. The fourth-order valence-electron chi connectivity index (χ4n) is 1.49. The Kier molecular flexibility index (Phi) is 2.63. The average molecular weight is 211 g/mol. The number of thiophene rings is 1. The summed E-state index contributed by atoms with van der Waals surface area (Å²) in [5.74, 6) is -0.0879. The van der Waals surface area contributed by atoms with E-state index in [1.54, 1.807) is 12.1 Å². The summed E-state index contributed by atoms with van der Waals surface area (Å²) >= 11 is 1.39. The Morgan fingerprint density at radius 3 is 3.07 bits per heavy atom. The van der Waals surface area contributed by atoms with Crippen LogP contribution in [0.4, 0.5) is 10.1 Å². The summed E-state index contributed by atoms with van der Waals surface area (Å²) in [5.41, 5.74) is 0.945. The summed E-state index contributed by atoms with van der Waals surface area (Å²) in [6, 6.07) is 1.80.